The summed E-state index contributed by atoms with van der Waals surface area (Å²) in [5.41, 5.74) is 1.23. The first-order chi connectivity index (χ1) is 9.28. The van der Waals surface area contributed by atoms with Gasteiger partial charge in [0.2, 0.25) is 0 Å². The minimum absolute atomic E-state index is 0.502. The van der Waals surface area contributed by atoms with E-state index in [1.165, 1.54) is 5.56 Å². The first kappa shape index (κ1) is 12.1. The molecule has 0 N–H and O–H groups in total. The molecule has 1 saturated heterocycles. The van der Waals surface area contributed by atoms with Crippen molar-refractivity contribution >= 4 is 5.82 Å². The van der Waals surface area contributed by atoms with Gasteiger partial charge in [-0.2, -0.15) is 0 Å². The SMILES string of the molecule is CCc1cnc(C)nc1N1CCC(n2ccnc2)C1. The highest BCUT2D eigenvalue weighted by molar-refractivity contribution is 5.47. The van der Waals surface area contributed by atoms with Gasteiger partial charge in [0.15, 0.2) is 0 Å². The Kier molecular flexibility index (Phi) is 3.19. The maximum absolute atomic E-state index is 4.63. The topological polar surface area (TPSA) is 46.8 Å². The zero-order valence-corrected chi connectivity index (χ0v) is 11.5. The fourth-order valence-electron chi connectivity index (χ4n) is 2.67. The van der Waals surface area contributed by atoms with Crippen molar-refractivity contribution in [2.24, 2.45) is 0 Å². The molecule has 0 aromatic carbocycles. The number of anilines is 1. The van der Waals surface area contributed by atoms with Crippen LogP contribution in [-0.2, 0) is 6.42 Å². The van der Waals surface area contributed by atoms with Gasteiger partial charge in [-0.1, -0.05) is 6.92 Å². The fourth-order valence-corrected chi connectivity index (χ4v) is 2.67. The lowest BCUT2D eigenvalue weighted by atomic mass is 10.2. The minimum Gasteiger partial charge on any atom is -0.354 e. The zero-order valence-electron chi connectivity index (χ0n) is 11.5. The summed E-state index contributed by atoms with van der Waals surface area (Å²) in [6.45, 7) is 6.15. The lowest BCUT2D eigenvalue weighted by molar-refractivity contribution is 0.551. The molecular weight excluding hydrogens is 238 g/mol. The maximum atomic E-state index is 4.63. The van der Waals surface area contributed by atoms with Crippen LogP contribution in [0.3, 0.4) is 0 Å². The molecule has 1 aliphatic heterocycles. The van der Waals surface area contributed by atoms with Crippen LogP contribution in [0, 0.1) is 6.92 Å². The van der Waals surface area contributed by atoms with Crippen molar-refractivity contribution in [3.8, 4) is 0 Å². The molecule has 5 heteroatoms. The molecule has 0 spiro atoms. The summed E-state index contributed by atoms with van der Waals surface area (Å²) in [7, 11) is 0. The van der Waals surface area contributed by atoms with Crippen molar-refractivity contribution in [2.75, 3.05) is 18.0 Å². The van der Waals surface area contributed by atoms with Crippen molar-refractivity contribution in [1.82, 2.24) is 19.5 Å². The van der Waals surface area contributed by atoms with Gasteiger partial charge in [-0.15, -0.1) is 0 Å². The first-order valence-electron chi connectivity index (χ1n) is 6.83. The minimum atomic E-state index is 0.502. The van der Waals surface area contributed by atoms with Crippen LogP contribution < -0.4 is 4.90 Å². The number of nitrogens with zero attached hydrogens (tertiary/aromatic N) is 5. The van der Waals surface area contributed by atoms with E-state index in [0.29, 0.717) is 6.04 Å². The second-order valence-electron chi connectivity index (χ2n) is 5.02. The normalized spacial score (nSPS) is 19.1. The van der Waals surface area contributed by atoms with Crippen LogP contribution in [0.25, 0.3) is 0 Å². The summed E-state index contributed by atoms with van der Waals surface area (Å²) in [6.07, 6.45) is 9.86. The highest BCUT2D eigenvalue weighted by Crippen LogP contribution is 2.27. The Bertz CT molecular complexity index is 549. The monoisotopic (exact) mass is 257 g/mol. The quantitative estimate of drug-likeness (QED) is 0.843. The van der Waals surface area contributed by atoms with Gasteiger partial charge in [-0.25, -0.2) is 15.0 Å². The molecule has 0 saturated carbocycles. The Morgan fingerprint density at radius 2 is 2.32 bits per heavy atom. The van der Waals surface area contributed by atoms with Crippen LogP contribution in [0.1, 0.15) is 30.8 Å². The second-order valence-corrected chi connectivity index (χ2v) is 5.02. The van der Waals surface area contributed by atoms with E-state index in [2.05, 4.69) is 31.3 Å². The molecule has 3 heterocycles. The Labute approximate surface area is 113 Å². The van der Waals surface area contributed by atoms with Crippen LogP contribution in [0.4, 0.5) is 5.82 Å². The molecule has 5 nitrogen and oxygen atoms in total. The van der Waals surface area contributed by atoms with E-state index in [9.17, 15) is 0 Å². The van der Waals surface area contributed by atoms with Gasteiger partial charge in [-0.3, -0.25) is 0 Å². The molecule has 0 amide bonds. The van der Waals surface area contributed by atoms with Crippen LogP contribution in [0.15, 0.2) is 24.9 Å². The molecule has 1 unspecified atom stereocenters. The van der Waals surface area contributed by atoms with Crippen molar-refractivity contribution in [1.29, 1.82) is 0 Å². The summed E-state index contributed by atoms with van der Waals surface area (Å²) in [4.78, 5) is 15.4. The predicted octanol–water partition coefficient (Wildman–Crippen LogP) is 2.00. The summed E-state index contributed by atoms with van der Waals surface area (Å²) in [5, 5.41) is 0. The highest BCUT2D eigenvalue weighted by atomic mass is 15.3. The van der Waals surface area contributed by atoms with Crippen molar-refractivity contribution in [3.63, 3.8) is 0 Å². The van der Waals surface area contributed by atoms with Gasteiger partial charge in [0.05, 0.1) is 12.4 Å². The lowest BCUT2D eigenvalue weighted by Gasteiger charge is -2.20. The Balaban J connectivity index is 1.83. The van der Waals surface area contributed by atoms with E-state index in [4.69, 9.17) is 0 Å². The second kappa shape index (κ2) is 4.99. The lowest BCUT2D eigenvalue weighted by Crippen LogP contribution is -2.23. The molecule has 2 aromatic rings. The molecule has 100 valence electrons. The molecular formula is C14H19N5. The van der Waals surface area contributed by atoms with Crippen molar-refractivity contribution < 1.29 is 0 Å². The van der Waals surface area contributed by atoms with Crippen molar-refractivity contribution in [2.45, 2.75) is 32.7 Å². The van der Waals surface area contributed by atoms with Crippen molar-refractivity contribution in [3.05, 3.63) is 36.3 Å². The van der Waals surface area contributed by atoms with Gasteiger partial charge in [0, 0.05) is 37.2 Å². The Morgan fingerprint density at radius 3 is 3.05 bits per heavy atom. The van der Waals surface area contributed by atoms with Crippen LogP contribution >= 0.6 is 0 Å². The number of aryl methyl sites for hydroxylation is 2. The van der Waals surface area contributed by atoms with E-state index < -0.39 is 0 Å². The van der Waals surface area contributed by atoms with Crippen LogP contribution in [0.2, 0.25) is 0 Å². The van der Waals surface area contributed by atoms with Gasteiger partial charge < -0.3 is 9.47 Å². The molecule has 19 heavy (non-hydrogen) atoms. The summed E-state index contributed by atoms with van der Waals surface area (Å²) < 4.78 is 2.19. The average molecular weight is 257 g/mol. The van der Waals surface area contributed by atoms with E-state index in [1.807, 2.05) is 31.8 Å². The number of hydrogen-bond donors (Lipinski definition) is 0. The molecule has 0 radical (unpaired) electrons. The molecule has 0 aliphatic carbocycles. The number of aromatic nitrogens is 4. The number of hydrogen-bond acceptors (Lipinski definition) is 4. The smallest absolute Gasteiger partial charge is 0.135 e. The van der Waals surface area contributed by atoms with Gasteiger partial charge in [-0.05, 0) is 19.8 Å². The van der Waals surface area contributed by atoms with E-state index in [0.717, 1.165) is 37.6 Å². The van der Waals surface area contributed by atoms with E-state index >= 15 is 0 Å². The molecule has 1 atom stereocenters. The maximum Gasteiger partial charge on any atom is 0.135 e. The fraction of sp³-hybridized carbons (Fsp3) is 0.500. The van der Waals surface area contributed by atoms with Crippen LogP contribution in [-0.4, -0.2) is 32.6 Å². The zero-order chi connectivity index (χ0) is 13.2. The molecule has 3 rings (SSSR count). The predicted molar refractivity (Wildman–Crippen MR) is 74.2 cm³/mol. The van der Waals surface area contributed by atoms with Gasteiger partial charge in [0.25, 0.3) is 0 Å². The Hall–Kier alpha value is -1.91. The summed E-state index contributed by atoms with van der Waals surface area (Å²) in [5.74, 6) is 1.95. The molecule has 0 bridgehead atoms. The first-order valence-corrected chi connectivity index (χ1v) is 6.83. The van der Waals surface area contributed by atoms with Gasteiger partial charge >= 0.3 is 0 Å². The largest absolute Gasteiger partial charge is 0.354 e. The number of rotatable bonds is 3. The van der Waals surface area contributed by atoms with Crippen LogP contribution in [0.5, 0.6) is 0 Å². The van der Waals surface area contributed by atoms with Gasteiger partial charge in [0.1, 0.15) is 11.6 Å². The van der Waals surface area contributed by atoms with E-state index in [1.54, 1.807) is 0 Å². The standard InChI is InChI=1S/C14H19N5/c1-3-12-8-16-11(2)17-14(12)18-6-4-13(9-18)19-7-5-15-10-19/h5,7-8,10,13H,3-4,6,9H2,1-2H3. The summed E-state index contributed by atoms with van der Waals surface area (Å²) >= 11 is 0. The summed E-state index contributed by atoms with van der Waals surface area (Å²) in [6, 6.07) is 0.502. The third-order valence-electron chi connectivity index (χ3n) is 3.75. The highest BCUT2D eigenvalue weighted by Gasteiger charge is 2.25. The molecule has 2 aromatic heterocycles. The molecule has 1 aliphatic rings. The average Bonchev–Trinajstić information content (AvgIpc) is 3.09. The van der Waals surface area contributed by atoms with E-state index in [-0.39, 0.29) is 0 Å². The Morgan fingerprint density at radius 1 is 1.42 bits per heavy atom. The molecule has 1 fully saturated rings. The third-order valence-corrected chi connectivity index (χ3v) is 3.75. The third kappa shape index (κ3) is 2.32. The number of imidazole rings is 1.